The van der Waals surface area contributed by atoms with Crippen molar-refractivity contribution in [1.29, 1.82) is 0 Å². The van der Waals surface area contributed by atoms with Gasteiger partial charge in [-0.05, 0) is 26.4 Å². The lowest BCUT2D eigenvalue weighted by Crippen LogP contribution is -2.47. The van der Waals surface area contributed by atoms with Crippen LogP contribution in [0.5, 0.6) is 0 Å². The number of sulfonamides is 1. The quantitative estimate of drug-likeness (QED) is 0.571. The normalized spacial score (nSPS) is 21.7. The lowest BCUT2D eigenvalue weighted by Gasteiger charge is -2.22. The maximum absolute atomic E-state index is 11.6. The summed E-state index contributed by atoms with van der Waals surface area (Å²) in [5.41, 5.74) is 0. The lowest BCUT2D eigenvalue weighted by molar-refractivity contribution is -0.123. The molecule has 1 unspecified atom stereocenters. The van der Waals surface area contributed by atoms with E-state index in [2.05, 4.69) is 15.4 Å². The van der Waals surface area contributed by atoms with Crippen LogP contribution < -0.4 is 15.4 Å². The van der Waals surface area contributed by atoms with Crippen LogP contribution in [0.3, 0.4) is 0 Å². The molecule has 1 fully saturated rings. The molecule has 1 heterocycles. The van der Waals surface area contributed by atoms with Crippen LogP contribution in [0.15, 0.2) is 0 Å². The Balaban J connectivity index is 2.24. The molecule has 0 aromatic rings. The second kappa shape index (κ2) is 6.17. The van der Waals surface area contributed by atoms with Crippen molar-refractivity contribution in [2.24, 2.45) is 0 Å². The highest BCUT2D eigenvalue weighted by molar-refractivity contribution is 7.89. The van der Waals surface area contributed by atoms with E-state index in [1.165, 1.54) is 7.05 Å². The van der Waals surface area contributed by atoms with Crippen molar-refractivity contribution in [1.82, 2.24) is 15.4 Å². The molecule has 16 heavy (non-hydrogen) atoms. The molecule has 1 atom stereocenters. The SMILES string of the molecule is CNS(=O)(=O)CCNC(=O)C1CCCCN1. The second-order valence-electron chi connectivity index (χ2n) is 3.82. The van der Waals surface area contributed by atoms with Crippen LogP contribution in [0, 0.1) is 0 Å². The molecule has 0 spiro atoms. The number of carbonyl (C=O) groups is 1. The minimum atomic E-state index is -3.23. The molecule has 1 aliphatic rings. The predicted octanol–water partition coefficient (Wildman–Crippen LogP) is -1.21. The van der Waals surface area contributed by atoms with Gasteiger partial charge in [0.2, 0.25) is 15.9 Å². The van der Waals surface area contributed by atoms with Gasteiger partial charge in [0.05, 0.1) is 11.8 Å². The first-order valence-corrected chi connectivity index (χ1v) is 7.13. The summed E-state index contributed by atoms with van der Waals surface area (Å²) in [5.74, 6) is -0.187. The van der Waals surface area contributed by atoms with Gasteiger partial charge >= 0.3 is 0 Å². The highest BCUT2D eigenvalue weighted by Crippen LogP contribution is 2.06. The smallest absolute Gasteiger partial charge is 0.237 e. The maximum Gasteiger partial charge on any atom is 0.237 e. The van der Waals surface area contributed by atoms with Gasteiger partial charge in [-0.3, -0.25) is 4.79 Å². The van der Waals surface area contributed by atoms with Crippen molar-refractivity contribution in [3.05, 3.63) is 0 Å². The molecule has 0 radical (unpaired) electrons. The summed E-state index contributed by atoms with van der Waals surface area (Å²) >= 11 is 0. The van der Waals surface area contributed by atoms with E-state index in [1.807, 2.05) is 0 Å². The zero-order valence-electron chi connectivity index (χ0n) is 9.45. The third kappa shape index (κ3) is 4.46. The van der Waals surface area contributed by atoms with Gasteiger partial charge in [0.15, 0.2) is 0 Å². The Morgan fingerprint density at radius 1 is 1.44 bits per heavy atom. The summed E-state index contributed by atoms with van der Waals surface area (Å²) in [6.45, 7) is 1.01. The van der Waals surface area contributed by atoms with E-state index in [0.717, 1.165) is 25.8 Å². The minimum Gasteiger partial charge on any atom is -0.354 e. The maximum atomic E-state index is 11.6. The number of hydrogen-bond acceptors (Lipinski definition) is 4. The number of amides is 1. The first-order chi connectivity index (χ1) is 7.55. The highest BCUT2D eigenvalue weighted by atomic mass is 32.2. The highest BCUT2D eigenvalue weighted by Gasteiger charge is 2.20. The molecule has 0 bridgehead atoms. The topological polar surface area (TPSA) is 87.3 Å². The molecule has 1 amide bonds. The van der Waals surface area contributed by atoms with Crippen molar-refractivity contribution in [3.8, 4) is 0 Å². The molecule has 1 aliphatic heterocycles. The summed E-state index contributed by atoms with van der Waals surface area (Å²) in [4.78, 5) is 11.6. The number of hydrogen-bond donors (Lipinski definition) is 3. The summed E-state index contributed by atoms with van der Waals surface area (Å²) in [7, 11) is -1.87. The standard InChI is InChI=1S/C9H19N3O3S/c1-10-16(14,15)7-6-12-9(13)8-4-2-3-5-11-8/h8,10-11H,2-7H2,1H3,(H,12,13). The second-order valence-corrected chi connectivity index (χ2v) is 5.86. The Morgan fingerprint density at radius 3 is 2.75 bits per heavy atom. The Labute approximate surface area is 96.2 Å². The van der Waals surface area contributed by atoms with E-state index < -0.39 is 10.0 Å². The molecule has 0 aromatic heterocycles. The number of rotatable bonds is 5. The molecule has 0 aromatic carbocycles. The molecule has 7 heteroatoms. The predicted molar refractivity (Wildman–Crippen MR) is 61.5 cm³/mol. The number of piperidine rings is 1. The van der Waals surface area contributed by atoms with Gasteiger partial charge in [-0.25, -0.2) is 13.1 Å². The largest absolute Gasteiger partial charge is 0.354 e. The van der Waals surface area contributed by atoms with Gasteiger partial charge in [-0.15, -0.1) is 0 Å². The Morgan fingerprint density at radius 2 is 2.19 bits per heavy atom. The number of nitrogens with one attached hydrogen (secondary N) is 3. The number of carbonyl (C=O) groups excluding carboxylic acids is 1. The first-order valence-electron chi connectivity index (χ1n) is 5.47. The summed E-state index contributed by atoms with van der Waals surface area (Å²) in [5, 5.41) is 5.73. The fourth-order valence-electron chi connectivity index (χ4n) is 1.61. The molecular formula is C9H19N3O3S. The Hall–Kier alpha value is -0.660. The monoisotopic (exact) mass is 249 g/mol. The van der Waals surface area contributed by atoms with Crippen LogP contribution in [0.25, 0.3) is 0 Å². The zero-order chi connectivity index (χ0) is 12.0. The van der Waals surface area contributed by atoms with Gasteiger partial charge < -0.3 is 10.6 Å². The van der Waals surface area contributed by atoms with E-state index in [0.29, 0.717) is 0 Å². The minimum absolute atomic E-state index is 0.0814. The molecule has 0 aliphatic carbocycles. The van der Waals surface area contributed by atoms with E-state index >= 15 is 0 Å². The molecular weight excluding hydrogens is 230 g/mol. The average Bonchev–Trinajstić information content (AvgIpc) is 2.30. The molecule has 6 nitrogen and oxygen atoms in total. The van der Waals surface area contributed by atoms with Crippen LogP contribution in [0.2, 0.25) is 0 Å². The van der Waals surface area contributed by atoms with Crippen molar-refractivity contribution in [2.45, 2.75) is 25.3 Å². The Kier molecular flexibility index (Phi) is 5.17. The third-order valence-electron chi connectivity index (χ3n) is 2.61. The van der Waals surface area contributed by atoms with Gasteiger partial charge in [0.1, 0.15) is 0 Å². The van der Waals surface area contributed by atoms with Gasteiger partial charge in [0.25, 0.3) is 0 Å². The fourth-order valence-corrected chi connectivity index (χ4v) is 2.18. The van der Waals surface area contributed by atoms with Crippen LogP contribution in [0.1, 0.15) is 19.3 Å². The van der Waals surface area contributed by atoms with Crippen LogP contribution in [-0.2, 0) is 14.8 Å². The first kappa shape index (κ1) is 13.4. The van der Waals surface area contributed by atoms with Gasteiger partial charge in [0, 0.05) is 6.54 Å². The van der Waals surface area contributed by atoms with Crippen LogP contribution in [-0.4, -0.2) is 46.3 Å². The fraction of sp³-hybridized carbons (Fsp3) is 0.889. The molecule has 3 N–H and O–H groups in total. The summed E-state index contributed by atoms with van der Waals surface area (Å²) in [6.07, 6.45) is 2.96. The summed E-state index contributed by atoms with van der Waals surface area (Å²) in [6, 6.07) is -0.161. The van der Waals surface area contributed by atoms with Crippen molar-refractivity contribution < 1.29 is 13.2 Å². The van der Waals surface area contributed by atoms with Crippen LogP contribution >= 0.6 is 0 Å². The van der Waals surface area contributed by atoms with E-state index in [1.54, 1.807) is 0 Å². The van der Waals surface area contributed by atoms with E-state index in [9.17, 15) is 13.2 Å². The van der Waals surface area contributed by atoms with E-state index in [4.69, 9.17) is 0 Å². The lowest BCUT2D eigenvalue weighted by atomic mass is 10.0. The van der Waals surface area contributed by atoms with Crippen LogP contribution in [0.4, 0.5) is 0 Å². The van der Waals surface area contributed by atoms with Gasteiger partial charge in [-0.1, -0.05) is 6.42 Å². The van der Waals surface area contributed by atoms with Crippen molar-refractivity contribution >= 4 is 15.9 Å². The molecule has 0 saturated carbocycles. The van der Waals surface area contributed by atoms with Gasteiger partial charge in [-0.2, -0.15) is 0 Å². The average molecular weight is 249 g/mol. The van der Waals surface area contributed by atoms with Crippen molar-refractivity contribution in [2.75, 3.05) is 25.9 Å². The third-order valence-corrected chi connectivity index (χ3v) is 3.97. The van der Waals surface area contributed by atoms with Crippen molar-refractivity contribution in [3.63, 3.8) is 0 Å². The molecule has 1 saturated heterocycles. The Bertz CT molecular complexity index is 323. The molecule has 1 rings (SSSR count). The molecule has 94 valence electrons. The summed E-state index contributed by atoms with van der Waals surface area (Å²) < 4.78 is 24.4. The zero-order valence-corrected chi connectivity index (χ0v) is 10.3. The van der Waals surface area contributed by atoms with E-state index in [-0.39, 0.29) is 24.2 Å².